The second-order valence-electron chi connectivity index (χ2n) is 6.71. The van der Waals surface area contributed by atoms with Gasteiger partial charge in [-0.2, -0.15) is 0 Å². The minimum Gasteiger partial charge on any atom is -0.381 e. The first-order chi connectivity index (χ1) is 9.59. The van der Waals surface area contributed by atoms with Gasteiger partial charge in [0, 0.05) is 25.2 Å². The Balaban J connectivity index is 1.79. The van der Waals surface area contributed by atoms with E-state index in [0.29, 0.717) is 31.0 Å². The topological polar surface area (TPSA) is 32.8 Å². The van der Waals surface area contributed by atoms with Crippen molar-refractivity contribution in [3.63, 3.8) is 0 Å². The summed E-state index contributed by atoms with van der Waals surface area (Å²) >= 11 is 0. The van der Waals surface area contributed by atoms with Gasteiger partial charge in [-0.15, -0.1) is 0 Å². The molecule has 0 radical (unpaired) electrons. The van der Waals surface area contributed by atoms with Crippen molar-refractivity contribution >= 4 is 5.91 Å². The number of carbonyl (C=O) groups excluding carboxylic acids is 1. The van der Waals surface area contributed by atoms with Crippen molar-refractivity contribution in [1.29, 1.82) is 0 Å². The fraction of sp³-hybridized carbons (Fsp3) is 0.938. The van der Waals surface area contributed by atoms with Crippen LogP contribution in [0, 0.1) is 5.92 Å². The third-order valence-electron chi connectivity index (χ3n) is 4.55. The Morgan fingerprint density at radius 2 is 1.90 bits per heavy atom. The molecule has 0 N–H and O–H groups in total. The van der Waals surface area contributed by atoms with Gasteiger partial charge in [-0.05, 0) is 45.2 Å². The Kier molecular flexibility index (Phi) is 5.85. The van der Waals surface area contributed by atoms with E-state index >= 15 is 0 Å². The first-order valence-electron chi connectivity index (χ1n) is 8.17. The summed E-state index contributed by atoms with van der Waals surface area (Å²) in [5.74, 6) is 0.827. The van der Waals surface area contributed by atoms with Crippen LogP contribution >= 0.6 is 0 Å². The molecule has 2 saturated heterocycles. The zero-order valence-corrected chi connectivity index (χ0v) is 13.3. The molecule has 2 atom stereocenters. The number of likely N-dealkylation sites (N-methyl/N-ethyl adjacent to an activating group) is 1. The van der Waals surface area contributed by atoms with Gasteiger partial charge in [-0.1, -0.05) is 13.8 Å². The molecule has 4 nitrogen and oxygen atoms in total. The molecule has 0 aromatic carbocycles. The van der Waals surface area contributed by atoms with Crippen LogP contribution in [0.2, 0.25) is 0 Å². The summed E-state index contributed by atoms with van der Waals surface area (Å²) in [6.45, 7) is 7.71. The Morgan fingerprint density at radius 1 is 1.20 bits per heavy atom. The maximum absolute atomic E-state index is 12.4. The van der Waals surface area contributed by atoms with Crippen molar-refractivity contribution in [2.24, 2.45) is 5.92 Å². The Hall–Kier alpha value is -0.610. The molecule has 2 heterocycles. The van der Waals surface area contributed by atoms with Crippen LogP contribution in [0.25, 0.3) is 0 Å². The van der Waals surface area contributed by atoms with E-state index in [0.717, 1.165) is 19.6 Å². The molecular formula is C16H30N2O2. The van der Waals surface area contributed by atoms with Crippen LogP contribution in [-0.4, -0.2) is 61.1 Å². The number of carbonyl (C=O) groups is 1. The van der Waals surface area contributed by atoms with Crippen molar-refractivity contribution in [3.8, 4) is 0 Å². The number of hydrogen-bond acceptors (Lipinski definition) is 3. The second-order valence-corrected chi connectivity index (χ2v) is 6.71. The molecule has 0 aromatic rings. The monoisotopic (exact) mass is 282 g/mol. The third kappa shape index (κ3) is 3.95. The lowest BCUT2D eigenvalue weighted by Gasteiger charge is -2.33. The van der Waals surface area contributed by atoms with E-state index in [1.807, 2.05) is 0 Å². The van der Waals surface area contributed by atoms with Crippen LogP contribution < -0.4 is 0 Å². The van der Waals surface area contributed by atoms with Crippen LogP contribution in [0.5, 0.6) is 0 Å². The summed E-state index contributed by atoms with van der Waals surface area (Å²) in [6.07, 6.45) is 5.40. The highest BCUT2D eigenvalue weighted by molar-refractivity contribution is 5.77. The lowest BCUT2D eigenvalue weighted by molar-refractivity contribution is -0.134. The minimum absolute atomic E-state index is 0.288. The molecular weight excluding hydrogens is 252 g/mol. The van der Waals surface area contributed by atoms with Crippen molar-refractivity contribution in [1.82, 2.24) is 9.80 Å². The number of likely N-dealkylation sites (tertiary alicyclic amines) is 2. The molecule has 116 valence electrons. The van der Waals surface area contributed by atoms with Crippen molar-refractivity contribution in [2.45, 2.75) is 58.0 Å². The van der Waals surface area contributed by atoms with E-state index in [1.54, 1.807) is 0 Å². The van der Waals surface area contributed by atoms with Crippen LogP contribution in [0.3, 0.4) is 0 Å². The summed E-state index contributed by atoms with van der Waals surface area (Å²) in [5.41, 5.74) is 0. The molecule has 0 bridgehead atoms. The zero-order chi connectivity index (χ0) is 14.5. The summed E-state index contributed by atoms with van der Waals surface area (Å²) in [6, 6.07) is 1.03. The largest absolute Gasteiger partial charge is 0.381 e. The standard InChI is InChI=1S/C16H30N2O2/c1-13(2)12-20-11-8-16(19)18-10-5-7-15(18)14-6-4-9-17(14)3/h13-15H,4-12H2,1-3H3/t14-,15-/m0/s1. The summed E-state index contributed by atoms with van der Waals surface area (Å²) in [4.78, 5) is 17.0. The highest BCUT2D eigenvalue weighted by atomic mass is 16.5. The number of nitrogens with zero attached hydrogens (tertiary/aromatic N) is 2. The van der Waals surface area contributed by atoms with Crippen LogP contribution in [0.15, 0.2) is 0 Å². The molecule has 0 saturated carbocycles. The third-order valence-corrected chi connectivity index (χ3v) is 4.55. The molecule has 0 aromatic heterocycles. The average Bonchev–Trinajstić information content (AvgIpc) is 3.02. The van der Waals surface area contributed by atoms with Gasteiger partial charge in [0.2, 0.25) is 5.91 Å². The van der Waals surface area contributed by atoms with Gasteiger partial charge in [0.1, 0.15) is 0 Å². The summed E-state index contributed by atoms with van der Waals surface area (Å²) in [7, 11) is 2.20. The lowest BCUT2D eigenvalue weighted by Crippen LogP contribution is -2.47. The Labute approximate surface area is 123 Å². The quantitative estimate of drug-likeness (QED) is 0.700. The maximum Gasteiger partial charge on any atom is 0.225 e. The molecule has 2 rings (SSSR count). The molecule has 0 aliphatic carbocycles. The van der Waals surface area contributed by atoms with E-state index in [9.17, 15) is 4.79 Å². The van der Waals surface area contributed by atoms with Crippen LogP contribution in [0.1, 0.15) is 46.0 Å². The molecule has 2 aliphatic heterocycles. The number of hydrogen-bond donors (Lipinski definition) is 0. The number of amides is 1. The zero-order valence-electron chi connectivity index (χ0n) is 13.3. The van der Waals surface area contributed by atoms with E-state index in [-0.39, 0.29) is 5.91 Å². The Bertz CT molecular complexity index is 320. The van der Waals surface area contributed by atoms with E-state index in [1.165, 1.54) is 25.8 Å². The smallest absolute Gasteiger partial charge is 0.225 e. The Morgan fingerprint density at radius 3 is 2.55 bits per heavy atom. The lowest BCUT2D eigenvalue weighted by atomic mass is 10.0. The molecule has 2 fully saturated rings. The maximum atomic E-state index is 12.4. The molecule has 20 heavy (non-hydrogen) atoms. The summed E-state index contributed by atoms with van der Waals surface area (Å²) < 4.78 is 5.55. The van der Waals surface area contributed by atoms with Gasteiger partial charge in [0.05, 0.1) is 13.0 Å². The van der Waals surface area contributed by atoms with E-state index in [2.05, 4.69) is 30.7 Å². The fourth-order valence-corrected chi connectivity index (χ4v) is 3.55. The normalized spacial score (nSPS) is 27.7. The van der Waals surface area contributed by atoms with Gasteiger partial charge in [-0.3, -0.25) is 4.79 Å². The van der Waals surface area contributed by atoms with E-state index < -0.39 is 0 Å². The molecule has 4 heteroatoms. The van der Waals surface area contributed by atoms with Crippen molar-refractivity contribution < 1.29 is 9.53 Å². The van der Waals surface area contributed by atoms with Crippen molar-refractivity contribution in [2.75, 3.05) is 33.4 Å². The summed E-state index contributed by atoms with van der Waals surface area (Å²) in [5, 5.41) is 0. The highest BCUT2D eigenvalue weighted by Gasteiger charge is 2.37. The predicted molar refractivity (Wildman–Crippen MR) is 80.7 cm³/mol. The average molecular weight is 282 g/mol. The first-order valence-corrected chi connectivity index (χ1v) is 8.17. The molecule has 0 unspecified atom stereocenters. The van der Waals surface area contributed by atoms with Gasteiger partial charge >= 0.3 is 0 Å². The molecule has 2 aliphatic rings. The predicted octanol–water partition coefficient (Wildman–Crippen LogP) is 2.13. The highest BCUT2D eigenvalue weighted by Crippen LogP contribution is 2.29. The van der Waals surface area contributed by atoms with Crippen LogP contribution in [0.4, 0.5) is 0 Å². The first kappa shape index (κ1) is 15.8. The van der Waals surface area contributed by atoms with Gasteiger partial charge in [0.15, 0.2) is 0 Å². The SMILES string of the molecule is CC(C)COCCC(=O)N1CCC[C@H]1[C@@H]1CCCN1C. The fourth-order valence-electron chi connectivity index (χ4n) is 3.55. The number of ether oxygens (including phenoxy) is 1. The second kappa shape index (κ2) is 7.41. The van der Waals surface area contributed by atoms with E-state index in [4.69, 9.17) is 4.74 Å². The van der Waals surface area contributed by atoms with Gasteiger partial charge < -0.3 is 14.5 Å². The molecule has 0 spiro atoms. The number of rotatable bonds is 6. The van der Waals surface area contributed by atoms with Gasteiger partial charge in [0.25, 0.3) is 0 Å². The van der Waals surface area contributed by atoms with Gasteiger partial charge in [-0.25, -0.2) is 0 Å². The van der Waals surface area contributed by atoms with Crippen LogP contribution in [-0.2, 0) is 9.53 Å². The minimum atomic E-state index is 0.288. The molecule has 1 amide bonds. The van der Waals surface area contributed by atoms with Crippen molar-refractivity contribution in [3.05, 3.63) is 0 Å².